The van der Waals surface area contributed by atoms with Crippen LogP contribution in [0.2, 0.25) is 0 Å². The summed E-state index contributed by atoms with van der Waals surface area (Å²) in [6.07, 6.45) is 9.28. The van der Waals surface area contributed by atoms with Crippen LogP contribution in [-0.2, 0) is 0 Å². The summed E-state index contributed by atoms with van der Waals surface area (Å²) in [5.41, 5.74) is 3.49. The maximum absolute atomic E-state index is 4.62. The Morgan fingerprint density at radius 2 is 1.81 bits per heavy atom. The second-order valence-electron chi connectivity index (χ2n) is 7.29. The molecule has 27 heavy (non-hydrogen) atoms. The van der Waals surface area contributed by atoms with E-state index in [1.165, 1.54) is 49.8 Å². The molecule has 0 amide bonds. The quantitative estimate of drug-likeness (QED) is 0.677. The van der Waals surface area contributed by atoms with Crippen molar-refractivity contribution in [1.29, 1.82) is 0 Å². The smallest absolute Gasteiger partial charge is 0.244 e. The van der Waals surface area contributed by atoms with E-state index < -0.39 is 0 Å². The minimum Gasteiger partial charge on any atom is -0.372 e. The van der Waals surface area contributed by atoms with E-state index in [-0.39, 0.29) is 0 Å². The Morgan fingerprint density at radius 3 is 2.48 bits per heavy atom. The Bertz CT molecular complexity index is 720. The fourth-order valence-corrected chi connectivity index (χ4v) is 3.74. The zero-order valence-electron chi connectivity index (χ0n) is 16.8. The molecule has 1 fully saturated rings. The zero-order chi connectivity index (χ0) is 19.1. The highest BCUT2D eigenvalue weighted by Crippen LogP contribution is 2.25. The van der Waals surface area contributed by atoms with Crippen molar-refractivity contribution >= 4 is 23.1 Å². The summed E-state index contributed by atoms with van der Waals surface area (Å²) in [7, 11) is 0. The van der Waals surface area contributed by atoms with E-state index in [9.17, 15) is 0 Å². The first-order valence-corrected chi connectivity index (χ1v) is 10.3. The third kappa shape index (κ3) is 5.31. The molecule has 3 rings (SSSR count). The van der Waals surface area contributed by atoms with Crippen LogP contribution in [0.1, 0.15) is 57.9 Å². The molecule has 0 bridgehead atoms. The Hall–Kier alpha value is -2.37. The van der Waals surface area contributed by atoms with E-state index in [4.69, 9.17) is 0 Å². The maximum atomic E-state index is 4.62. The van der Waals surface area contributed by atoms with Crippen LogP contribution in [0.5, 0.6) is 0 Å². The molecule has 0 radical (unpaired) electrons. The topological polar surface area (TPSA) is 66.0 Å². The Balaban J connectivity index is 1.68. The number of hydrogen-bond acceptors (Lipinski definition) is 6. The van der Waals surface area contributed by atoms with Crippen LogP contribution in [0.25, 0.3) is 0 Å². The minimum absolute atomic E-state index is 0.458. The van der Waals surface area contributed by atoms with Gasteiger partial charge in [-0.05, 0) is 57.4 Å². The van der Waals surface area contributed by atoms with Gasteiger partial charge in [0.25, 0.3) is 0 Å². The Morgan fingerprint density at radius 1 is 1.07 bits per heavy atom. The zero-order valence-corrected chi connectivity index (χ0v) is 16.8. The molecular weight excluding hydrogens is 336 g/mol. The van der Waals surface area contributed by atoms with E-state index in [1.807, 2.05) is 0 Å². The van der Waals surface area contributed by atoms with Crippen LogP contribution in [0.4, 0.5) is 23.1 Å². The predicted molar refractivity (Wildman–Crippen MR) is 113 cm³/mol. The highest BCUT2D eigenvalue weighted by atomic mass is 15.3. The number of rotatable bonds is 7. The highest BCUT2D eigenvalue weighted by Gasteiger charge is 2.14. The van der Waals surface area contributed by atoms with Crippen molar-refractivity contribution in [3.8, 4) is 0 Å². The number of benzene rings is 1. The lowest BCUT2D eigenvalue weighted by Crippen LogP contribution is -2.21. The van der Waals surface area contributed by atoms with Gasteiger partial charge in [-0.1, -0.05) is 25.7 Å². The van der Waals surface area contributed by atoms with Gasteiger partial charge in [-0.15, -0.1) is 5.10 Å². The normalized spacial score (nSPS) is 15.2. The van der Waals surface area contributed by atoms with Crippen molar-refractivity contribution in [2.24, 2.45) is 0 Å². The third-order valence-corrected chi connectivity index (χ3v) is 5.35. The molecule has 1 heterocycles. The summed E-state index contributed by atoms with van der Waals surface area (Å²) in [6, 6.07) is 6.94. The average Bonchev–Trinajstić information content (AvgIpc) is 2.94. The number of anilines is 4. The lowest BCUT2D eigenvalue weighted by molar-refractivity contribution is 0.613. The van der Waals surface area contributed by atoms with Gasteiger partial charge in [-0.25, -0.2) is 0 Å². The molecule has 6 nitrogen and oxygen atoms in total. The van der Waals surface area contributed by atoms with Crippen molar-refractivity contribution in [1.82, 2.24) is 15.2 Å². The van der Waals surface area contributed by atoms with Crippen LogP contribution in [-0.4, -0.2) is 34.3 Å². The summed E-state index contributed by atoms with van der Waals surface area (Å²) in [6.45, 7) is 8.50. The number of aromatic nitrogens is 3. The molecular formula is C21H32N6. The van der Waals surface area contributed by atoms with Gasteiger partial charge >= 0.3 is 0 Å². The van der Waals surface area contributed by atoms with Gasteiger partial charge in [0.1, 0.15) is 0 Å². The largest absolute Gasteiger partial charge is 0.372 e. The van der Waals surface area contributed by atoms with Crippen LogP contribution >= 0.6 is 0 Å². The first-order valence-electron chi connectivity index (χ1n) is 10.3. The molecule has 2 N–H and O–H groups in total. The van der Waals surface area contributed by atoms with Crippen LogP contribution in [0.15, 0.2) is 24.4 Å². The van der Waals surface area contributed by atoms with Crippen molar-refractivity contribution in [2.75, 3.05) is 28.6 Å². The number of hydrogen-bond donors (Lipinski definition) is 2. The van der Waals surface area contributed by atoms with E-state index in [0.717, 1.165) is 24.6 Å². The van der Waals surface area contributed by atoms with Crippen molar-refractivity contribution in [3.05, 3.63) is 30.0 Å². The molecule has 1 aliphatic rings. The van der Waals surface area contributed by atoms with E-state index in [2.05, 4.69) is 69.7 Å². The van der Waals surface area contributed by atoms with Gasteiger partial charge in [-0.2, -0.15) is 10.1 Å². The fourth-order valence-electron chi connectivity index (χ4n) is 3.74. The molecule has 146 valence electrons. The van der Waals surface area contributed by atoms with Crippen LogP contribution < -0.4 is 15.5 Å². The second kappa shape index (κ2) is 9.53. The summed E-state index contributed by atoms with van der Waals surface area (Å²) >= 11 is 0. The molecule has 0 aliphatic heterocycles. The summed E-state index contributed by atoms with van der Waals surface area (Å²) in [5.74, 6) is 1.34. The van der Waals surface area contributed by atoms with Crippen LogP contribution in [0.3, 0.4) is 0 Å². The Labute approximate surface area is 162 Å². The summed E-state index contributed by atoms with van der Waals surface area (Å²) in [5, 5.41) is 15.2. The molecule has 1 aliphatic carbocycles. The van der Waals surface area contributed by atoms with Gasteiger partial charge in [-0.3, -0.25) is 0 Å². The van der Waals surface area contributed by atoms with Gasteiger partial charge in [0, 0.05) is 30.5 Å². The molecule has 1 aromatic heterocycles. The first-order chi connectivity index (χ1) is 13.2. The maximum Gasteiger partial charge on any atom is 0.244 e. The second-order valence-corrected chi connectivity index (χ2v) is 7.29. The summed E-state index contributed by atoms with van der Waals surface area (Å²) < 4.78 is 0. The number of nitrogens with one attached hydrogen (secondary N) is 2. The van der Waals surface area contributed by atoms with Gasteiger partial charge in [0.05, 0.1) is 6.20 Å². The number of nitrogens with zero attached hydrogens (tertiary/aromatic N) is 4. The number of aryl methyl sites for hydroxylation is 1. The highest BCUT2D eigenvalue weighted by molar-refractivity contribution is 5.65. The SMILES string of the molecule is CCN(CC)c1ccc(Nc2cnnc(NC3CCCCCC3)n2)c(C)c1. The molecule has 2 aromatic rings. The average molecular weight is 369 g/mol. The standard InChI is InChI=1S/C21H32N6/c1-4-27(5-2)18-12-13-19(16(3)14-18)24-20-15-22-26-21(25-20)23-17-10-8-6-7-9-11-17/h12-15,17H,4-11H2,1-3H3,(H2,23,24,25,26). The lowest BCUT2D eigenvalue weighted by Gasteiger charge is -2.22. The van der Waals surface area contributed by atoms with E-state index in [1.54, 1.807) is 6.20 Å². The third-order valence-electron chi connectivity index (χ3n) is 5.35. The van der Waals surface area contributed by atoms with E-state index >= 15 is 0 Å². The lowest BCUT2D eigenvalue weighted by atomic mass is 10.1. The molecule has 0 unspecified atom stereocenters. The van der Waals surface area contributed by atoms with Crippen molar-refractivity contribution in [2.45, 2.75) is 65.3 Å². The fraction of sp³-hybridized carbons (Fsp3) is 0.571. The van der Waals surface area contributed by atoms with Crippen molar-refractivity contribution < 1.29 is 0 Å². The van der Waals surface area contributed by atoms with Gasteiger partial charge in [0.2, 0.25) is 5.95 Å². The molecule has 1 saturated carbocycles. The minimum atomic E-state index is 0.458. The van der Waals surface area contributed by atoms with Gasteiger partial charge < -0.3 is 15.5 Å². The molecule has 0 saturated heterocycles. The predicted octanol–water partition coefficient (Wildman–Crippen LogP) is 4.90. The molecule has 6 heteroatoms. The summed E-state index contributed by atoms with van der Waals surface area (Å²) in [4.78, 5) is 6.96. The molecule has 1 aromatic carbocycles. The first kappa shape index (κ1) is 19.4. The molecule has 0 atom stereocenters. The van der Waals surface area contributed by atoms with Gasteiger partial charge in [0.15, 0.2) is 5.82 Å². The monoisotopic (exact) mass is 368 g/mol. The Kier molecular flexibility index (Phi) is 6.85. The molecule has 0 spiro atoms. The van der Waals surface area contributed by atoms with E-state index in [0.29, 0.717) is 12.0 Å². The van der Waals surface area contributed by atoms with Crippen LogP contribution in [0, 0.1) is 6.92 Å². The van der Waals surface area contributed by atoms with Crippen molar-refractivity contribution in [3.63, 3.8) is 0 Å².